The maximum absolute atomic E-state index is 11.9. The van der Waals surface area contributed by atoms with Crippen molar-refractivity contribution in [1.29, 1.82) is 0 Å². The summed E-state index contributed by atoms with van der Waals surface area (Å²) in [5, 5.41) is 15.3. The maximum atomic E-state index is 11.9. The van der Waals surface area contributed by atoms with Gasteiger partial charge in [-0.2, -0.15) is 5.10 Å². The molecule has 1 aliphatic rings. The number of carbonyl (C=O) groups excluding carboxylic acids is 1. The van der Waals surface area contributed by atoms with Gasteiger partial charge in [-0.3, -0.25) is 9.59 Å². The summed E-state index contributed by atoms with van der Waals surface area (Å²) in [6.07, 6.45) is 5.27. The highest BCUT2D eigenvalue weighted by Crippen LogP contribution is 2.17. The van der Waals surface area contributed by atoms with Crippen LogP contribution in [0, 0.1) is 0 Å². The van der Waals surface area contributed by atoms with Crippen molar-refractivity contribution in [1.82, 2.24) is 15.1 Å². The van der Waals surface area contributed by atoms with Crippen molar-refractivity contribution >= 4 is 11.9 Å². The van der Waals surface area contributed by atoms with E-state index in [-0.39, 0.29) is 24.2 Å². The highest BCUT2D eigenvalue weighted by atomic mass is 16.4. The molecule has 0 aliphatic heterocycles. The molecule has 2 rings (SSSR count). The average molecular weight is 279 g/mol. The topological polar surface area (TPSA) is 101 Å². The molecule has 7 nitrogen and oxygen atoms in total. The molecule has 0 spiro atoms. The Morgan fingerprint density at radius 3 is 2.65 bits per heavy atom. The number of carbonyl (C=O) groups is 2. The third-order valence-electron chi connectivity index (χ3n) is 3.35. The number of hydrogen-bond donors (Lipinski definition) is 2. The molecule has 1 aromatic rings. The Bertz CT molecular complexity index is 561. The van der Waals surface area contributed by atoms with Crippen LogP contribution < -0.4 is 10.9 Å². The first-order chi connectivity index (χ1) is 9.56. The lowest BCUT2D eigenvalue weighted by Gasteiger charge is -2.22. The van der Waals surface area contributed by atoms with E-state index in [1.54, 1.807) is 0 Å². The van der Waals surface area contributed by atoms with E-state index in [2.05, 4.69) is 10.4 Å². The highest BCUT2D eigenvalue weighted by Gasteiger charge is 2.17. The SMILES string of the molecule is O=C(Cn1nc(C(=O)O)ccc1=O)NC1CCCCC1. The number of amides is 1. The van der Waals surface area contributed by atoms with E-state index in [9.17, 15) is 14.4 Å². The third-order valence-corrected chi connectivity index (χ3v) is 3.35. The molecular weight excluding hydrogens is 262 g/mol. The minimum atomic E-state index is -1.23. The first-order valence-electron chi connectivity index (χ1n) is 6.67. The van der Waals surface area contributed by atoms with Crippen LogP contribution in [0.3, 0.4) is 0 Å². The quantitative estimate of drug-likeness (QED) is 0.830. The zero-order chi connectivity index (χ0) is 14.5. The first-order valence-corrected chi connectivity index (χ1v) is 6.67. The monoisotopic (exact) mass is 279 g/mol. The van der Waals surface area contributed by atoms with Gasteiger partial charge in [0.05, 0.1) is 0 Å². The largest absolute Gasteiger partial charge is 0.476 e. The van der Waals surface area contributed by atoms with Crippen LogP contribution in [0.25, 0.3) is 0 Å². The van der Waals surface area contributed by atoms with Crippen LogP contribution in [0.4, 0.5) is 0 Å². The summed E-state index contributed by atoms with van der Waals surface area (Å²) in [4.78, 5) is 34.2. The first kappa shape index (κ1) is 14.2. The van der Waals surface area contributed by atoms with Gasteiger partial charge in [-0.05, 0) is 18.9 Å². The van der Waals surface area contributed by atoms with Crippen molar-refractivity contribution in [2.45, 2.75) is 44.7 Å². The summed E-state index contributed by atoms with van der Waals surface area (Å²) in [5.41, 5.74) is -0.746. The van der Waals surface area contributed by atoms with E-state index in [0.29, 0.717) is 0 Å². The normalized spacial score (nSPS) is 15.8. The second kappa shape index (κ2) is 6.31. The van der Waals surface area contributed by atoms with E-state index in [0.717, 1.165) is 42.5 Å². The Morgan fingerprint density at radius 2 is 2.00 bits per heavy atom. The standard InChI is InChI=1S/C13H17N3O4/c17-11(14-9-4-2-1-3-5-9)8-16-12(18)7-6-10(15-16)13(19)20/h6-7,9H,1-5,8H2,(H,14,17)(H,19,20). The Labute approximate surface area is 115 Å². The Hall–Kier alpha value is -2.18. The molecule has 0 aromatic carbocycles. The van der Waals surface area contributed by atoms with Crippen molar-refractivity contribution < 1.29 is 14.7 Å². The van der Waals surface area contributed by atoms with Crippen molar-refractivity contribution in [2.24, 2.45) is 0 Å². The minimum Gasteiger partial charge on any atom is -0.476 e. The molecule has 0 radical (unpaired) electrons. The van der Waals surface area contributed by atoms with Gasteiger partial charge in [-0.1, -0.05) is 19.3 Å². The van der Waals surface area contributed by atoms with Gasteiger partial charge in [0.15, 0.2) is 5.69 Å². The average Bonchev–Trinajstić information content (AvgIpc) is 2.42. The number of carboxylic acids is 1. The second-order valence-electron chi connectivity index (χ2n) is 4.92. The van der Waals surface area contributed by atoms with Gasteiger partial charge in [0.25, 0.3) is 5.56 Å². The molecule has 1 aromatic heterocycles. The number of rotatable bonds is 4. The molecular formula is C13H17N3O4. The molecule has 7 heteroatoms. The van der Waals surface area contributed by atoms with E-state index >= 15 is 0 Å². The summed E-state index contributed by atoms with van der Waals surface area (Å²) in [6.45, 7) is -0.254. The Balaban J connectivity index is 2.01. The molecule has 1 fully saturated rings. The molecule has 108 valence electrons. The van der Waals surface area contributed by atoms with Crippen LogP contribution in [0.1, 0.15) is 42.6 Å². The minimum absolute atomic E-state index is 0.148. The van der Waals surface area contributed by atoms with Gasteiger partial charge >= 0.3 is 5.97 Å². The van der Waals surface area contributed by atoms with Crippen molar-refractivity contribution in [3.63, 3.8) is 0 Å². The summed E-state index contributed by atoms with van der Waals surface area (Å²) < 4.78 is 0.877. The number of nitrogens with zero attached hydrogens (tertiary/aromatic N) is 2. The summed E-state index contributed by atoms with van der Waals surface area (Å²) >= 11 is 0. The number of aromatic nitrogens is 2. The predicted octanol–water partition coefficient (Wildman–Crippen LogP) is 0.390. The second-order valence-corrected chi connectivity index (χ2v) is 4.92. The lowest BCUT2D eigenvalue weighted by atomic mass is 9.95. The van der Waals surface area contributed by atoms with E-state index in [1.807, 2.05) is 0 Å². The number of aromatic carboxylic acids is 1. The van der Waals surface area contributed by atoms with Crippen molar-refractivity contribution in [2.75, 3.05) is 0 Å². The number of nitrogens with one attached hydrogen (secondary N) is 1. The fourth-order valence-corrected chi connectivity index (χ4v) is 2.33. The fraction of sp³-hybridized carbons (Fsp3) is 0.538. The predicted molar refractivity (Wildman–Crippen MR) is 70.5 cm³/mol. The van der Waals surface area contributed by atoms with E-state index < -0.39 is 11.5 Å². The van der Waals surface area contributed by atoms with Crippen molar-refractivity contribution in [3.8, 4) is 0 Å². The lowest BCUT2D eigenvalue weighted by Crippen LogP contribution is -2.40. The van der Waals surface area contributed by atoms with Gasteiger partial charge in [-0.25, -0.2) is 9.48 Å². The van der Waals surface area contributed by atoms with Crippen LogP contribution in [0.5, 0.6) is 0 Å². The molecule has 20 heavy (non-hydrogen) atoms. The molecule has 1 aliphatic carbocycles. The van der Waals surface area contributed by atoms with Gasteiger partial charge in [0, 0.05) is 12.1 Å². The molecule has 1 heterocycles. The van der Waals surface area contributed by atoms with Crippen LogP contribution in [-0.2, 0) is 11.3 Å². The molecule has 2 N–H and O–H groups in total. The summed E-state index contributed by atoms with van der Waals surface area (Å²) in [7, 11) is 0. The summed E-state index contributed by atoms with van der Waals surface area (Å²) in [6, 6.07) is 2.37. The molecule has 0 unspecified atom stereocenters. The zero-order valence-corrected chi connectivity index (χ0v) is 11.0. The molecule has 0 saturated heterocycles. The van der Waals surface area contributed by atoms with Gasteiger partial charge in [-0.15, -0.1) is 0 Å². The summed E-state index contributed by atoms with van der Waals surface area (Å²) in [5.74, 6) is -1.54. The number of hydrogen-bond acceptors (Lipinski definition) is 4. The molecule has 1 amide bonds. The van der Waals surface area contributed by atoms with Crippen LogP contribution >= 0.6 is 0 Å². The maximum Gasteiger partial charge on any atom is 0.356 e. The smallest absolute Gasteiger partial charge is 0.356 e. The van der Waals surface area contributed by atoms with E-state index in [4.69, 9.17) is 5.11 Å². The Kier molecular flexibility index (Phi) is 4.49. The lowest BCUT2D eigenvalue weighted by molar-refractivity contribution is -0.122. The molecule has 0 atom stereocenters. The van der Waals surface area contributed by atoms with Crippen LogP contribution in [-0.4, -0.2) is 32.8 Å². The molecule has 0 bridgehead atoms. The van der Waals surface area contributed by atoms with Crippen LogP contribution in [0.2, 0.25) is 0 Å². The van der Waals surface area contributed by atoms with Gasteiger partial charge in [0.2, 0.25) is 5.91 Å². The van der Waals surface area contributed by atoms with Gasteiger partial charge < -0.3 is 10.4 Å². The van der Waals surface area contributed by atoms with Gasteiger partial charge in [0.1, 0.15) is 6.54 Å². The van der Waals surface area contributed by atoms with E-state index in [1.165, 1.54) is 6.42 Å². The zero-order valence-electron chi connectivity index (χ0n) is 11.0. The highest BCUT2D eigenvalue weighted by molar-refractivity contribution is 5.85. The molecule has 1 saturated carbocycles. The Morgan fingerprint density at radius 1 is 1.30 bits per heavy atom. The van der Waals surface area contributed by atoms with Crippen molar-refractivity contribution in [3.05, 3.63) is 28.2 Å². The number of carboxylic acid groups (broad SMARTS) is 1. The van der Waals surface area contributed by atoms with Crippen LogP contribution in [0.15, 0.2) is 16.9 Å². The third kappa shape index (κ3) is 3.66. The fourth-order valence-electron chi connectivity index (χ4n) is 2.33.